The lowest BCUT2D eigenvalue weighted by Crippen LogP contribution is -2.42. The van der Waals surface area contributed by atoms with Crippen LogP contribution in [0.3, 0.4) is 0 Å². The lowest BCUT2D eigenvalue weighted by molar-refractivity contribution is -0.145. The number of hydrogen-bond acceptors (Lipinski definition) is 5. The van der Waals surface area contributed by atoms with Crippen LogP contribution in [0, 0.1) is 11.8 Å². The molecule has 152 valence electrons. The number of halogens is 3. The molecule has 1 saturated carbocycles. The van der Waals surface area contributed by atoms with Crippen LogP contribution in [-0.4, -0.2) is 34.4 Å². The van der Waals surface area contributed by atoms with Crippen molar-refractivity contribution in [2.75, 3.05) is 6.54 Å². The van der Waals surface area contributed by atoms with Crippen LogP contribution in [0.5, 0.6) is 0 Å². The molecule has 0 bridgehead atoms. The minimum absolute atomic E-state index is 0.0714. The summed E-state index contributed by atoms with van der Waals surface area (Å²) in [4.78, 5) is 30.8. The van der Waals surface area contributed by atoms with Gasteiger partial charge in [0.15, 0.2) is 0 Å². The molecule has 0 spiro atoms. The summed E-state index contributed by atoms with van der Waals surface area (Å²) in [6, 6.07) is 4.38. The van der Waals surface area contributed by atoms with Crippen LogP contribution >= 0.6 is 0 Å². The Balaban J connectivity index is 1.54. The number of nitrogens with zero attached hydrogens (tertiary/aromatic N) is 2. The van der Waals surface area contributed by atoms with Gasteiger partial charge in [-0.1, -0.05) is 6.07 Å². The second-order valence-electron chi connectivity index (χ2n) is 7.29. The van der Waals surface area contributed by atoms with Crippen molar-refractivity contribution in [2.45, 2.75) is 25.2 Å². The molecular formula is C19H18F3N5O2. The van der Waals surface area contributed by atoms with E-state index in [-0.39, 0.29) is 24.1 Å². The third-order valence-electron chi connectivity index (χ3n) is 5.35. The van der Waals surface area contributed by atoms with E-state index in [1.807, 2.05) is 0 Å². The van der Waals surface area contributed by atoms with Gasteiger partial charge in [0.1, 0.15) is 0 Å². The fourth-order valence-corrected chi connectivity index (χ4v) is 3.71. The van der Waals surface area contributed by atoms with Crippen LogP contribution in [-0.2, 0) is 17.5 Å². The van der Waals surface area contributed by atoms with E-state index in [4.69, 9.17) is 5.73 Å². The Kier molecular flexibility index (Phi) is 4.73. The summed E-state index contributed by atoms with van der Waals surface area (Å²) in [5.41, 5.74) is 6.96. The molecule has 0 radical (unpaired) electrons. The number of amides is 2. The van der Waals surface area contributed by atoms with Gasteiger partial charge in [0.05, 0.1) is 6.04 Å². The van der Waals surface area contributed by atoms with Crippen molar-refractivity contribution in [3.05, 3.63) is 47.5 Å². The monoisotopic (exact) mass is 405 g/mol. The molecule has 2 fully saturated rings. The summed E-state index contributed by atoms with van der Waals surface area (Å²) in [6.07, 6.45) is -1.46. The third kappa shape index (κ3) is 3.93. The van der Waals surface area contributed by atoms with Gasteiger partial charge in [0.25, 0.3) is 0 Å². The SMILES string of the molecule is NC(=O)c1ccc(-c2cnc(C(F)(F)F)nc2)cc1CNC(=O)C1NCC2CC21. The Bertz CT molecular complexity index is 961. The van der Waals surface area contributed by atoms with Gasteiger partial charge in [-0.3, -0.25) is 9.59 Å². The fourth-order valence-electron chi connectivity index (χ4n) is 3.71. The van der Waals surface area contributed by atoms with Gasteiger partial charge >= 0.3 is 6.18 Å². The number of hydrogen-bond donors (Lipinski definition) is 3. The molecule has 1 aromatic carbocycles. The molecular weight excluding hydrogens is 387 g/mol. The Morgan fingerprint density at radius 2 is 1.93 bits per heavy atom. The molecule has 29 heavy (non-hydrogen) atoms. The van der Waals surface area contributed by atoms with E-state index in [0.29, 0.717) is 28.5 Å². The maximum atomic E-state index is 12.6. The average Bonchev–Trinajstić information content (AvgIpc) is 3.34. The highest BCUT2D eigenvalue weighted by Crippen LogP contribution is 2.45. The van der Waals surface area contributed by atoms with Crippen LogP contribution in [0.4, 0.5) is 13.2 Å². The highest BCUT2D eigenvalue weighted by atomic mass is 19.4. The minimum atomic E-state index is -4.63. The van der Waals surface area contributed by atoms with Crippen molar-refractivity contribution in [3.63, 3.8) is 0 Å². The van der Waals surface area contributed by atoms with Crippen LogP contribution in [0.15, 0.2) is 30.6 Å². The van der Waals surface area contributed by atoms with E-state index in [2.05, 4.69) is 20.6 Å². The fraction of sp³-hybridized carbons (Fsp3) is 0.368. The molecule has 1 aliphatic heterocycles. The van der Waals surface area contributed by atoms with Crippen LogP contribution in [0.25, 0.3) is 11.1 Å². The average molecular weight is 405 g/mol. The number of primary amides is 1. The standard InChI is InChI=1S/C19H18F3N5O2/c20-19(21,22)18-26-7-12(8-27-18)9-1-2-13(16(23)28)10(3-9)6-25-17(29)15-14-4-11(14)5-24-15/h1-3,7-8,11,14-15,24H,4-6H2,(H2,23,28)(H,25,29). The zero-order valence-electron chi connectivity index (χ0n) is 15.2. The summed E-state index contributed by atoms with van der Waals surface area (Å²) < 4.78 is 37.9. The van der Waals surface area contributed by atoms with Gasteiger partial charge in [-0.15, -0.1) is 0 Å². The molecule has 2 amide bonds. The quantitative estimate of drug-likeness (QED) is 0.698. The number of fused-ring (bicyclic) bond motifs is 1. The van der Waals surface area contributed by atoms with Gasteiger partial charge in [-0.05, 0) is 48.1 Å². The lowest BCUT2D eigenvalue weighted by Gasteiger charge is -2.15. The number of carbonyl (C=O) groups excluding carboxylic acids is 2. The maximum absolute atomic E-state index is 12.6. The zero-order chi connectivity index (χ0) is 20.8. The third-order valence-corrected chi connectivity index (χ3v) is 5.35. The van der Waals surface area contributed by atoms with Crippen LogP contribution in [0.1, 0.15) is 28.2 Å². The lowest BCUT2D eigenvalue weighted by atomic mass is 10.00. The molecule has 3 atom stereocenters. The van der Waals surface area contributed by atoms with E-state index >= 15 is 0 Å². The first kappa shape index (κ1) is 19.3. The number of nitrogens with one attached hydrogen (secondary N) is 2. The number of piperidine rings is 1. The number of carbonyl (C=O) groups is 2. The smallest absolute Gasteiger partial charge is 0.366 e. The van der Waals surface area contributed by atoms with Crippen molar-refractivity contribution >= 4 is 11.8 Å². The minimum Gasteiger partial charge on any atom is -0.366 e. The number of alkyl halides is 3. The van der Waals surface area contributed by atoms with Crippen molar-refractivity contribution < 1.29 is 22.8 Å². The van der Waals surface area contributed by atoms with Gasteiger partial charge in [-0.2, -0.15) is 13.2 Å². The van der Waals surface area contributed by atoms with E-state index in [1.165, 1.54) is 6.07 Å². The van der Waals surface area contributed by atoms with Crippen LogP contribution in [0.2, 0.25) is 0 Å². The molecule has 1 saturated heterocycles. The topological polar surface area (TPSA) is 110 Å². The highest BCUT2D eigenvalue weighted by Gasteiger charge is 2.50. The molecule has 4 rings (SSSR count). The van der Waals surface area contributed by atoms with Crippen molar-refractivity contribution in [1.82, 2.24) is 20.6 Å². The summed E-state index contributed by atoms with van der Waals surface area (Å²) in [5, 5.41) is 5.98. The number of nitrogens with two attached hydrogens (primary N) is 1. The Hall–Kier alpha value is -3.01. The molecule has 1 aromatic heterocycles. The summed E-state index contributed by atoms with van der Waals surface area (Å²) in [6.45, 7) is 0.903. The van der Waals surface area contributed by atoms with Gasteiger partial charge in [0, 0.05) is 30.1 Å². The van der Waals surface area contributed by atoms with Crippen LogP contribution < -0.4 is 16.4 Å². The number of benzene rings is 1. The molecule has 1 aliphatic carbocycles. The first-order valence-electron chi connectivity index (χ1n) is 9.07. The molecule has 4 N–H and O–H groups in total. The molecule has 2 aromatic rings. The normalized spacial score (nSPS) is 22.8. The molecule has 2 heterocycles. The van der Waals surface area contributed by atoms with Gasteiger partial charge < -0.3 is 16.4 Å². The molecule has 7 nitrogen and oxygen atoms in total. The highest BCUT2D eigenvalue weighted by molar-refractivity contribution is 5.95. The first-order valence-corrected chi connectivity index (χ1v) is 9.07. The molecule has 3 unspecified atom stereocenters. The summed E-state index contributed by atoms with van der Waals surface area (Å²) in [7, 11) is 0. The Morgan fingerprint density at radius 3 is 2.48 bits per heavy atom. The first-order chi connectivity index (χ1) is 13.7. The second kappa shape index (κ2) is 7.11. The molecule has 2 aliphatic rings. The van der Waals surface area contributed by atoms with Crippen molar-refractivity contribution in [3.8, 4) is 11.1 Å². The summed E-state index contributed by atoms with van der Waals surface area (Å²) >= 11 is 0. The van der Waals surface area contributed by atoms with E-state index in [1.54, 1.807) is 12.1 Å². The largest absolute Gasteiger partial charge is 0.451 e. The number of rotatable bonds is 5. The van der Waals surface area contributed by atoms with Gasteiger partial charge in [-0.25, -0.2) is 9.97 Å². The van der Waals surface area contributed by atoms with E-state index < -0.39 is 17.9 Å². The summed E-state index contributed by atoms with van der Waals surface area (Å²) in [5.74, 6) is -1.11. The van der Waals surface area contributed by atoms with E-state index in [0.717, 1.165) is 25.4 Å². The predicted molar refractivity (Wildman–Crippen MR) is 96.2 cm³/mol. The van der Waals surface area contributed by atoms with Gasteiger partial charge in [0.2, 0.25) is 17.6 Å². The second-order valence-corrected chi connectivity index (χ2v) is 7.29. The van der Waals surface area contributed by atoms with Crippen molar-refractivity contribution in [2.24, 2.45) is 17.6 Å². The number of aromatic nitrogens is 2. The zero-order valence-corrected chi connectivity index (χ0v) is 15.2. The maximum Gasteiger partial charge on any atom is 0.451 e. The Morgan fingerprint density at radius 1 is 1.21 bits per heavy atom. The Labute approximate surface area is 163 Å². The van der Waals surface area contributed by atoms with Crippen molar-refractivity contribution in [1.29, 1.82) is 0 Å². The van der Waals surface area contributed by atoms with E-state index in [9.17, 15) is 22.8 Å². The predicted octanol–water partition coefficient (Wildman–Crippen LogP) is 1.49. The molecule has 10 heteroatoms.